The van der Waals surface area contributed by atoms with Crippen molar-refractivity contribution >= 4 is 26.0 Å². The minimum atomic E-state index is -3.52. The fourth-order valence-electron chi connectivity index (χ4n) is 1.89. The highest BCUT2D eigenvalue weighted by Crippen LogP contribution is 2.33. The van der Waals surface area contributed by atoms with E-state index in [0.29, 0.717) is 16.9 Å². The fraction of sp³-hybridized carbons (Fsp3) is 0.429. The number of halogens is 1. The van der Waals surface area contributed by atoms with Crippen LogP contribution in [0.25, 0.3) is 0 Å². The summed E-state index contributed by atoms with van der Waals surface area (Å²) in [6.07, 6.45) is 7.47. The van der Waals surface area contributed by atoms with Gasteiger partial charge in [-0.15, -0.1) is 6.42 Å². The Kier molecular flexibility index (Phi) is 4.34. The smallest absolute Gasteiger partial charge is 0.207 e. The summed E-state index contributed by atoms with van der Waals surface area (Å²) in [5.41, 5.74) is 1.01. The van der Waals surface area contributed by atoms with Crippen LogP contribution < -0.4 is 0 Å². The van der Waals surface area contributed by atoms with E-state index < -0.39 is 10.0 Å². The van der Waals surface area contributed by atoms with E-state index in [1.54, 1.807) is 18.2 Å². The Morgan fingerprint density at radius 1 is 1.47 bits per heavy atom. The molecular weight excluding hydrogens is 326 g/mol. The lowest BCUT2D eigenvalue weighted by atomic mass is 10.2. The first-order valence-electron chi connectivity index (χ1n) is 6.15. The molecule has 19 heavy (non-hydrogen) atoms. The standard InChI is InChI=1S/C14H16BrNO2S/c1-3-8-16(10-12-5-6-12)19(17,18)14-7-4-11(2)9-13(14)15/h1,4,7,9,12H,5-6,8,10H2,2H3. The number of terminal acetylenes is 1. The van der Waals surface area contributed by atoms with Gasteiger partial charge in [0.2, 0.25) is 10.0 Å². The second-order valence-corrected chi connectivity index (χ2v) is 7.64. The van der Waals surface area contributed by atoms with Gasteiger partial charge in [0.1, 0.15) is 0 Å². The third-order valence-corrected chi connectivity index (χ3v) is 5.92. The molecule has 1 saturated carbocycles. The van der Waals surface area contributed by atoms with Gasteiger partial charge in [-0.25, -0.2) is 8.42 Å². The van der Waals surface area contributed by atoms with Crippen molar-refractivity contribution < 1.29 is 8.42 Å². The summed E-state index contributed by atoms with van der Waals surface area (Å²) in [6, 6.07) is 5.23. The minimum Gasteiger partial charge on any atom is -0.207 e. The van der Waals surface area contributed by atoms with Crippen LogP contribution in [0.5, 0.6) is 0 Å². The van der Waals surface area contributed by atoms with E-state index in [1.165, 1.54) is 4.31 Å². The molecule has 0 unspecified atom stereocenters. The van der Waals surface area contributed by atoms with Gasteiger partial charge < -0.3 is 0 Å². The molecule has 0 bridgehead atoms. The first kappa shape index (κ1) is 14.6. The van der Waals surface area contributed by atoms with Crippen molar-refractivity contribution in [1.82, 2.24) is 4.31 Å². The van der Waals surface area contributed by atoms with E-state index >= 15 is 0 Å². The number of hydrogen-bond acceptors (Lipinski definition) is 2. The van der Waals surface area contributed by atoms with Crippen molar-refractivity contribution in [2.75, 3.05) is 13.1 Å². The molecule has 1 aliphatic carbocycles. The third kappa shape index (κ3) is 3.38. The predicted molar refractivity (Wildman–Crippen MR) is 79.2 cm³/mol. The van der Waals surface area contributed by atoms with Crippen LogP contribution >= 0.6 is 15.9 Å². The van der Waals surface area contributed by atoms with E-state index in [1.807, 2.05) is 6.92 Å². The third-order valence-electron chi connectivity index (χ3n) is 3.13. The van der Waals surface area contributed by atoms with E-state index in [4.69, 9.17) is 6.42 Å². The number of rotatable bonds is 5. The molecule has 0 spiro atoms. The first-order chi connectivity index (χ1) is 8.95. The Labute approximate surface area is 123 Å². The zero-order valence-corrected chi connectivity index (χ0v) is 13.2. The molecule has 1 aromatic carbocycles. The molecule has 0 aliphatic heterocycles. The molecule has 102 valence electrons. The van der Waals surface area contributed by atoms with E-state index in [9.17, 15) is 8.42 Å². The fourth-order valence-corrected chi connectivity index (χ4v) is 4.47. The lowest BCUT2D eigenvalue weighted by Crippen LogP contribution is -2.33. The summed E-state index contributed by atoms with van der Waals surface area (Å²) >= 11 is 3.33. The summed E-state index contributed by atoms with van der Waals surface area (Å²) in [5.74, 6) is 2.90. The van der Waals surface area contributed by atoms with Crippen molar-refractivity contribution in [2.24, 2.45) is 5.92 Å². The molecule has 1 fully saturated rings. The summed E-state index contributed by atoms with van der Waals surface area (Å²) < 4.78 is 27.2. The quantitative estimate of drug-likeness (QED) is 0.772. The Morgan fingerprint density at radius 3 is 2.68 bits per heavy atom. The molecular formula is C14H16BrNO2S. The van der Waals surface area contributed by atoms with Gasteiger partial charge in [0.15, 0.2) is 0 Å². The maximum atomic E-state index is 12.6. The highest BCUT2D eigenvalue weighted by Gasteiger charge is 2.32. The second-order valence-electron chi connectivity index (χ2n) is 4.88. The Balaban J connectivity index is 2.35. The molecule has 0 heterocycles. The minimum absolute atomic E-state index is 0.124. The maximum Gasteiger partial charge on any atom is 0.245 e. The monoisotopic (exact) mass is 341 g/mol. The van der Waals surface area contributed by atoms with Gasteiger partial charge in [-0.2, -0.15) is 4.31 Å². The number of nitrogens with zero attached hydrogens (tertiary/aromatic N) is 1. The molecule has 5 heteroatoms. The largest absolute Gasteiger partial charge is 0.245 e. The summed E-state index contributed by atoms with van der Waals surface area (Å²) in [6.45, 7) is 2.57. The van der Waals surface area contributed by atoms with Gasteiger partial charge in [-0.1, -0.05) is 12.0 Å². The molecule has 0 N–H and O–H groups in total. The van der Waals surface area contributed by atoms with E-state index in [0.717, 1.165) is 18.4 Å². The second kappa shape index (κ2) is 5.66. The summed E-state index contributed by atoms with van der Waals surface area (Å²) in [5, 5.41) is 0. The molecule has 2 rings (SSSR count). The molecule has 0 amide bonds. The van der Waals surface area contributed by atoms with Crippen LogP contribution in [0.4, 0.5) is 0 Å². The molecule has 0 radical (unpaired) electrons. The zero-order chi connectivity index (χ0) is 14.0. The topological polar surface area (TPSA) is 37.4 Å². The average Bonchev–Trinajstić information content (AvgIpc) is 3.11. The SMILES string of the molecule is C#CCN(CC1CC1)S(=O)(=O)c1ccc(C)cc1Br. The van der Waals surface area contributed by atoms with Crippen LogP contribution in [0.15, 0.2) is 27.6 Å². The summed E-state index contributed by atoms with van der Waals surface area (Å²) in [4.78, 5) is 0.286. The summed E-state index contributed by atoms with van der Waals surface area (Å²) in [7, 11) is -3.52. The van der Waals surface area contributed by atoms with Gasteiger partial charge >= 0.3 is 0 Å². The number of sulfonamides is 1. The molecule has 0 aromatic heterocycles. The normalized spacial score (nSPS) is 15.5. The van der Waals surface area contributed by atoms with Crippen molar-refractivity contribution in [3.63, 3.8) is 0 Å². The molecule has 0 saturated heterocycles. The Bertz CT molecular complexity index is 615. The molecule has 3 nitrogen and oxygen atoms in total. The van der Waals surface area contributed by atoms with Crippen LogP contribution in [-0.2, 0) is 10.0 Å². The van der Waals surface area contributed by atoms with Crippen LogP contribution in [0.2, 0.25) is 0 Å². The van der Waals surface area contributed by atoms with Crippen LogP contribution in [0.3, 0.4) is 0 Å². The van der Waals surface area contributed by atoms with Crippen molar-refractivity contribution in [3.8, 4) is 12.3 Å². The van der Waals surface area contributed by atoms with Crippen molar-refractivity contribution in [2.45, 2.75) is 24.7 Å². The van der Waals surface area contributed by atoms with Gasteiger partial charge in [0.25, 0.3) is 0 Å². The van der Waals surface area contributed by atoms with E-state index in [-0.39, 0.29) is 11.4 Å². The Hall–Kier alpha value is -0.830. The Morgan fingerprint density at radius 2 is 2.16 bits per heavy atom. The molecule has 1 aromatic rings. The molecule has 1 aliphatic rings. The highest BCUT2D eigenvalue weighted by molar-refractivity contribution is 9.10. The van der Waals surface area contributed by atoms with Crippen LogP contribution in [0, 0.1) is 25.2 Å². The lowest BCUT2D eigenvalue weighted by molar-refractivity contribution is 0.430. The number of hydrogen-bond donors (Lipinski definition) is 0. The van der Waals surface area contributed by atoms with E-state index in [2.05, 4.69) is 21.9 Å². The number of benzene rings is 1. The first-order valence-corrected chi connectivity index (χ1v) is 8.38. The molecule has 0 atom stereocenters. The van der Waals surface area contributed by atoms with Crippen LogP contribution in [0.1, 0.15) is 18.4 Å². The van der Waals surface area contributed by atoms with Crippen molar-refractivity contribution in [3.05, 3.63) is 28.2 Å². The predicted octanol–water partition coefficient (Wildman–Crippen LogP) is 2.79. The lowest BCUT2D eigenvalue weighted by Gasteiger charge is -2.20. The zero-order valence-electron chi connectivity index (χ0n) is 10.8. The van der Waals surface area contributed by atoms with Gasteiger partial charge in [0.05, 0.1) is 11.4 Å². The van der Waals surface area contributed by atoms with Gasteiger partial charge in [-0.3, -0.25) is 0 Å². The number of aryl methyl sites for hydroxylation is 1. The highest BCUT2D eigenvalue weighted by atomic mass is 79.9. The van der Waals surface area contributed by atoms with Gasteiger partial charge in [-0.05, 0) is 59.3 Å². The maximum absolute atomic E-state index is 12.6. The van der Waals surface area contributed by atoms with Gasteiger partial charge in [0, 0.05) is 11.0 Å². The van der Waals surface area contributed by atoms with Crippen molar-refractivity contribution in [1.29, 1.82) is 0 Å². The van der Waals surface area contributed by atoms with Crippen LogP contribution in [-0.4, -0.2) is 25.8 Å². The average molecular weight is 342 g/mol.